The number of hydrazone groups is 1. The van der Waals surface area contributed by atoms with Gasteiger partial charge in [0, 0.05) is 11.3 Å². The summed E-state index contributed by atoms with van der Waals surface area (Å²) in [5, 5.41) is 13.5. The topological polar surface area (TPSA) is 90.6 Å². The summed E-state index contributed by atoms with van der Waals surface area (Å²) < 4.78 is 13.4. The number of thioether (sulfide) groups is 1. The van der Waals surface area contributed by atoms with Crippen LogP contribution in [0.25, 0.3) is 17.1 Å². The lowest BCUT2D eigenvalue weighted by Crippen LogP contribution is -2.20. The van der Waals surface area contributed by atoms with Crippen molar-refractivity contribution in [3.8, 4) is 34.3 Å². The molecule has 9 heteroatoms. The van der Waals surface area contributed by atoms with Crippen molar-refractivity contribution < 1.29 is 14.3 Å². The summed E-state index contributed by atoms with van der Waals surface area (Å²) in [6.45, 7) is 2.54. The molecule has 1 amide bonds. The Bertz CT molecular complexity index is 1570. The maximum atomic E-state index is 12.6. The summed E-state index contributed by atoms with van der Waals surface area (Å²) in [6, 6.07) is 34.5. The van der Waals surface area contributed by atoms with Crippen LogP contribution >= 0.6 is 11.8 Å². The Kier molecular flexibility index (Phi) is 8.85. The first-order valence-corrected chi connectivity index (χ1v) is 13.7. The first kappa shape index (κ1) is 26.7. The molecule has 1 N–H and O–H groups in total. The number of carbonyl (C=O) groups is 1. The molecule has 0 aliphatic heterocycles. The fraction of sp³-hybridized carbons (Fsp3) is 0.0968. The van der Waals surface area contributed by atoms with E-state index in [0.717, 1.165) is 28.3 Å². The van der Waals surface area contributed by atoms with Gasteiger partial charge in [0.05, 0.1) is 18.6 Å². The molecule has 0 fully saturated rings. The lowest BCUT2D eigenvalue weighted by molar-refractivity contribution is -0.118. The van der Waals surface area contributed by atoms with E-state index in [4.69, 9.17) is 9.47 Å². The molecule has 0 aliphatic carbocycles. The zero-order chi connectivity index (χ0) is 27.6. The van der Waals surface area contributed by atoms with E-state index in [0.29, 0.717) is 23.3 Å². The van der Waals surface area contributed by atoms with Gasteiger partial charge in [-0.25, -0.2) is 5.43 Å². The Morgan fingerprint density at radius 1 is 0.875 bits per heavy atom. The Hall–Kier alpha value is -4.89. The molecule has 200 valence electrons. The number of benzene rings is 4. The van der Waals surface area contributed by atoms with Crippen LogP contribution < -0.4 is 14.9 Å². The van der Waals surface area contributed by atoms with E-state index in [2.05, 4.69) is 20.7 Å². The maximum absolute atomic E-state index is 12.6. The summed E-state index contributed by atoms with van der Waals surface area (Å²) in [5.74, 6) is 2.74. The third kappa shape index (κ3) is 6.95. The third-order valence-electron chi connectivity index (χ3n) is 5.64. The van der Waals surface area contributed by atoms with E-state index in [1.165, 1.54) is 11.8 Å². The third-order valence-corrected chi connectivity index (χ3v) is 6.57. The van der Waals surface area contributed by atoms with E-state index < -0.39 is 0 Å². The van der Waals surface area contributed by atoms with Gasteiger partial charge in [-0.1, -0.05) is 72.4 Å². The molecular formula is C31H27N5O3S. The average molecular weight is 550 g/mol. The number of carbonyl (C=O) groups excluding carboxylic acids is 1. The molecule has 0 radical (unpaired) electrons. The van der Waals surface area contributed by atoms with Crippen molar-refractivity contribution in [2.45, 2.75) is 12.1 Å². The van der Waals surface area contributed by atoms with Gasteiger partial charge in [-0.15, -0.1) is 10.2 Å². The van der Waals surface area contributed by atoms with Crippen LogP contribution in [-0.2, 0) is 4.79 Å². The molecule has 0 saturated heterocycles. The van der Waals surface area contributed by atoms with Crippen LogP contribution in [0.2, 0.25) is 0 Å². The summed E-state index contributed by atoms with van der Waals surface area (Å²) in [7, 11) is 0. The molecule has 0 bridgehead atoms. The molecule has 0 saturated carbocycles. The van der Waals surface area contributed by atoms with Crippen LogP contribution in [0.1, 0.15) is 12.5 Å². The molecule has 1 aromatic heterocycles. The van der Waals surface area contributed by atoms with Crippen LogP contribution in [0, 0.1) is 0 Å². The van der Waals surface area contributed by atoms with E-state index in [-0.39, 0.29) is 11.7 Å². The summed E-state index contributed by atoms with van der Waals surface area (Å²) in [4.78, 5) is 12.6. The number of para-hydroxylation sites is 1. The zero-order valence-corrected chi connectivity index (χ0v) is 22.6. The minimum absolute atomic E-state index is 0.110. The Balaban J connectivity index is 1.25. The summed E-state index contributed by atoms with van der Waals surface area (Å²) in [5.41, 5.74) is 5.17. The van der Waals surface area contributed by atoms with Gasteiger partial charge < -0.3 is 9.47 Å². The number of nitrogens with one attached hydrogen (secondary N) is 1. The second-order valence-electron chi connectivity index (χ2n) is 8.50. The smallest absolute Gasteiger partial charge is 0.250 e. The minimum atomic E-state index is -0.263. The number of nitrogens with zero attached hydrogens (tertiary/aromatic N) is 4. The molecule has 0 atom stereocenters. The second-order valence-corrected chi connectivity index (χ2v) is 9.45. The number of aromatic nitrogens is 3. The zero-order valence-electron chi connectivity index (χ0n) is 21.8. The van der Waals surface area contributed by atoms with Crippen LogP contribution in [-0.4, -0.2) is 39.2 Å². The predicted molar refractivity (Wildman–Crippen MR) is 157 cm³/mol. The molecule has 0 spiro atoms. The standard InChI is InChI=1S/C31H27N5O3S/c1-2-38-26-18-16-25(17-19-26)36-30(24-11-5-3-6-12-24)34-35-31(36)40-22-29(37)33-32-21-23-10-9-15-28(20-23)39-27-13-7-4-8-14-27/h3-21H,2,22H2,1H3,(H,33,37)/b32-21-. The van der Waals surface area contributed by atoms with Crippen molar-refractivity contribution in [1.82, 2.24) is 20.2 Å². The van der Waals surface area contributed by atoms with Gasteiger partial charge in [0.15, 0.2) is 11.0 Å². The van der Waals surface area contributed by atoms with Gasteiger partial charge in [-0.3, -0.25) is 9.36 Å². The summed E-state index contributed by atoms with van der Waals surface area (Å²) in [6.07, 6.45) is 1.58. The van der Waals surface area contributed by atoms with E-state index in [9.17, 15) is 4.79 Å². The highest BCUT2D eigenvalue weighted by Gasteiger charge is 2.17. The van der Waals surface area contributed by atoms with Gasteiger partial charge in [-0.05, 0) is 61.0 Å². The number of amides is 1. The van der Waals surface area contributed by atoms with Gasteiger partial charge in [0.25, 0.3) is 5.91 Å². The van der Waals surface area contributed by atoms with Crippen LogP contribution in [0.3, 0.4) is 0 Å². The Morgan fingerprint density at radius 2 is 1.60 bits per heavy atom. The average Bonchev–Trinajstić information content (AvgIpc) is 3.42. The fourth-order valence-electron chi connectivity index (χ4n) is 3.85. The normalized spacial score (nSPS) is 10.9. The van der Waals surface area contributed by atoms with Gasteiger partial charge in [-0.2, -0.15) is 5.10 Å². The highest BCUT2D eigenvalue weighted by molar-refractivity contribution is 7.99. The maximum Gasteiger partial charge on any atom is 0.250 e. The van der Waals surface area contributed by atoms with Crippen molar-refractivity contribution >= 4 is 23.9 Å². The number of hydrogen-bond donors (Lipinski definition) is 1. The highest BCUT2D eigenvalue weighted by atomic mass is 32.2. The number of ether oxygens (including phenoxy) is 2. The van der Waals surface area contributed by atoms with Gasteiger partial charge >= 0.3 is 0 Å². The fourth-order valence-corrected chi connectivity index (χ4v) is 4.60. The monoisotopic (exact) mass is 549 g/mol. The molecule has 8 nitrogen and oxygen atoms in total. The molecule has 0 aliphatic rings. The molecule has 4 aromatic carbocycles. The molecule has 1 heterocycles. The lowest BCUT2D eigenvalue weighted by atomic mass is 10.2. The lowest BCUT2D eigenvalue weighted by Gasteiger charge is -2.11. The van der Waals surface area contributed by atoms with E-state index in [1.807, 2.05) is 121 Å². The minimum Gasteiger partial charge on any atom is -0.494 e. The second kappa shape index (κ2) is 13.3. The summed E-state index contributed by atoms with van der Waals surface area (Å²) >= 11 is 1.28. The molecule has 0 unspecified atom stereocenters. The van der Waals surface area contributed by atoms with Crippen LogP contribution in [0.15, 0.2) is 119 Å². The van der Waals surface area contributed by atoms with Crippen molar-refractivity contribution in [3.63, 3.8) is 0 Å². The first-order valence-electron chi connectivity index (χ1n) is 12.7. The van der Waals surface area contributed by atoms with Gasteiger partial charge in [0.1, 0.15) is 17.2 Å². The Labute approximate surface area is 236 Å². The van der Waals surface area contributed by atoms with Crippen LogP contribution in [0.4, 0.5) is 0 Å². The van der Waals surface area contributed by atoms with Crippen molar-refractivity contribution in [3.05, 3.63) is 115 Å². The SMILES string of the molecule is CCOc1ccc(-n2c(SCC(=O)N/N=C\c3cccc(Oc4ccccc4)c3)nnc2-c2ccccc2)cc1. The highest BCUT2D eigenvalue weighted by Crippen LogP contribution is 2.29. The number of rotatable bonds is 11. The molecule has 5 aromatic rings. The van der Waals surface area contributed by atoms with Crippen molar-refractivity contribution in [2.75, 3.05) is 12.4 Å². The van der Waals surface area contributed by atoms with Gasteiger partial charge in [0.2, 0.25) is 0 Å². The van der Waals surface area contributed by atoms with Crippen molar-refractivity contribution in [2.24, 2.45) is 5.10 Å². The molecular weight excluding hydrogens is 522 g/mol. The largest absolute Gasteiger partial charge is 0.494 e. The number of hydrogen-bond acceptors (Lipinski definition) is 7. The molecule has 40 heavy (non-hydrogen) atoms. The molecule has 5 rings (SSSR count). The van der Waals surface area contributed by atoms with E-state index >= 15 is 0 Å². The first-order chi connectivity index (χ1) is 19.7. The van der Waals surface area contributed by atoms with E-state index in [1.54, 1.807) is 6.21 Å². The quantitative estimate of drug-likeness (QED) is 0.117. The Morgan fingerprint density at radius 3 is 2.35 bits per heavy atom. The van der Waals surface area contributed by atoms with Crippen molar-refractivity contribution in [1.29, 1.82) is 0 Å². The predicted octanol–water partition coefficient (Wildman–Crippen LogP) is 6.37. The van der Waals surface area contributed by atoms with Crippen LogP contribution in [0.5, 0.6) is 17.2 Å².